The van der Waals surface area contributed by atoms with Gasteiger partial charge in [0, 0.05) is 12.0 Å². The number of hydrogen-bond acceptors (Lipinski definition) is 8. The number of aromatic nitrogens is 2. The van der Waals surface area contributed by atoms with Crippen LogP contribution < -0.4 is 22.3 Å². The lowest BCUT2D eigenvalue weighted by molar-refractivity contribution is -0.384. The fourth-order valence-corrected chi connectivity index (χ4v) is 1.47. The number of nitrogens with two attached hydrogens (primary N) is 2. The van der Waals surface area contributed by atoms with Gasteiger partial charge in [0.15, 0.2) is 0 Å². The van der Waals surface area contributed by atoms with Gasteiger partial charge in [-0.2, -0.15) is 4.98 Å². The smallest absolute Gasteiger partial charge is 0.329 e. The number of hydrazine groups is 1. The molecule has 0 aliphatic heterocycles. The highest BCUT2D eigenvalue weighted by Crippen LogP contribution is 2.26. The predicted octanol–water partition coefficient (Wildman–Crippen LogP) is -0.264. The highest BCUT2D eigenvalue weighted by Gasteiger charge is 2.26. The molecule has 0 saturated carbocycles. The summed E-state index contributed by atoms with van der Waals surface area (Å²) >= 11 is 0. The summed E-state index contributed by atoms with van der Waals surface area (Å²) in [5.41, 5.74) is 6.17. The highest BCUT2D eigenvalue weighted by atomic mass is 16.6. The average molecular weight is 269 g/mol. The Morgan fingerprint density at radius 1 is 1.58 bits per heavy atom. The molecule has 0 saturated heterocycles. The number of carbonyl (C=O) groups excluding carboxylic acids is 1. The van der Waals surface area contributed by atoms with Crippen LogP contribution in [0.1, 0.15) is 20.3 Å². The largest absolute Gasteiger partial charge is 0.370 e. The van der Waals surface area contributed by atoms with Gasteiger partial charge in [-0.25, -0.2) is 10.8 Å². The number of nitrogens with zero attached hydrogens (tertiary/aromatic N) is 3. The summed E-state index contributed by atoms with van der Waals surface area (Å²) in [7, 11) is 0. The van der Waals surface area contributed by atoms with Crippen LogP contribution in [0.3, 0.4) is 0 Å². The molecule has 10 heteroatoms. The van der Waals surface area contributed by atoms with Gasteiger partial charge in [-0.15, -0.1) is 0 Å². The maximum Gasteiger partial charge on any atom is 0.329 e. The lowest BCUT2D eigenvalue weighted by Gasteiger charge is -2.25. The van der Waals surface area contributed by atoms with Gasteiger partial charge in [0.2, 0.25) is 17.7 Å². The van der Waals surface area contributed by atoms with E-state index in [4.69, 9.17) is 11.6 Å². The van der Waals surface area contributed by atoms with Crippen molar-refractivity contribution < 1.29 is 9.72 Å². The third kappa shape index (κ3) is 4.03. The van der Waals surface area contributed by atoms with Gasteiger partial charge < -0.3 is 11.1 Å². The van der Waals surface area contributed by atoms with Crippen molar-refractivity contribution in [3.63, 3.8) is 0 Å². The normalized spacial score (nSPS) is 10.9. The van der Waals surface area contributed by atoms with E-state index in [0.29, 0.717) is 0 Å². The fraction of sp³-hybridized carbons (Fsp3) is 0.444. The molecule has 1 aromatic heterocycles. The second-order valence-electron chi connectivity index (χ2n) is 4.48. The van der Waals surface area contributed by atoms with Gasteiger partial charge in [-0.05, 0) is 13.8 Å². The van der Waals surface area contributed by atoms with Crippen LogP contribution in [0.15, 0.2) is 6.20 Å². The minimum Gasteiger partial charge on any atom is -0.370 e. The molecule has 1 amide bonds. The summed E-state index contributed by atoms with van der Waals surface area (Å²) in [5, 5.41) is 13.7. The van der Waals surface area contributed by atoms with Crippen LogP contribution in [-0.2, 0) is 4.79 Å². The van der Waals surface area contributed by atoms with Gasteiger partial charge >= 0.3 is 5.69 Å². The lowest BCUT2D eigenvalue weighted by atomic mass is 10.0. The van der Waals surface area contributed by atoms with E-state index in [1.807, 2.05) is 0 Å². The monoisotopic (exact) mass is 269 g/mol. The summed E-state index contributed by atoms with van der Waals surface area (Å²) in [6.07, 6.45) is 1.00. The van der Waals surface area contributed by atoms with Crippen molar-refractivity contribution in [3.05, 3.63) is 16.3 Å². The molecular weight excluding hydrogens is 254 g/mol. The SMILES string of the molecule is CC(C)(CC(N)=O)Nc1nc(NN)ncc1[N+](=O)[O-]. The van der Waals surface area contributed by atoms with Crippen molar-refractivity contribution >= 4 is 23.4 Å². The lowest BCUT2D eigenvalue weighted by Crippen LogP contribution is -2.36. The zero-order valence-corrected chi connectivity index (χ0v) is 10.5. The fourth-order valence-electron chi connectivity index (χ4n) is 1.47. The summed E-state index contributed by atoms with van der Waals surface area (Å²) in [6.45, 7) is 3.33. The second kappa shape index (κ2) is 5.44. The number of nitrogens with one attached hydrogen (secondary N) is 2. The number of amides is 1. The van der Waals surface area contributed by atoms with Gasteiger partial charge in [0.25, 0.3) is 0 Å². The standard InChI is InChI=1S/C9H15N7O3/c1-9(2,3-6(10)17)14-7-5(16(18)19)4-12-8(13-7)15-11/h4H,3,11H2,1-2H3,(H2,10,17)(H2,12,13,14,15). The van der Waals surface area contributed by atoms with Crippen molar-refractivity contribution in [3.8, 4) is 0 Å². The first-order chi connectivity index (χ1) is 8.75. The second-order valence-corrected chi connectivity index (χ2v) is 4.48. The van der Waals surface area contributed by atoms with Crippen LogP contribution in [-0.4, -0.2) is 26.3 Å². The van der Waals surface area contributed by atoms with E-state index in [1.165, 1.54) is 0 Å². The number of rotatable bonds is 6. The quantitative estimate of drug-likeness (QED) is 0.311. The Balaban J connectivity index is 3.10. The highest BCUT2D eigenvalue weighted by molar-refractivity contribution is 5.76. The van der Waals surface area contributed by atoms with Crippen molar-refractivity contribution in [2.24, 2.45) is 11.6 Å². The van der Waals surface area contributed by atoms with Crippen molar-refractivity contribution in [1.82, 2.24) is 9.97 Å². The minimum absolute atomic E-state index is 0.0143. The van der Waals surface area contributed by atoms with E-state index < -0.39 is 16.4 Å². The van der Waals surface area contributed by atoms with E-state index in [2.05, 4.69) is 20.7 Å². The molecule has 1 rings (SSSR count). The molecule has 0 aliphatic rings. The molecule has 0 unspecified atom stereocenters. The summed E-state index contributed by atoms with van der Waals surface area (Å²) < 4.78 is 0. The average Bonchev–Trinajstić information content (AvgIpc) is 2.25. The maximum atomic E-state index is 10.9. The van der Waals surface area contributed by atoms with Crippen molar-refractivity contribution in [1.29, 1.82) is 0 Å². The molecule has 0 radical (unpaired) electrons. The molecule has 104 valence electrons. The van der Waals surface area contributed by atoms with Crippen LogP contribution in [0.5, 0.6) is 0 Å². The van der Waals surface area contributed by atoms with Gasteiger partial charge in [-0.3, -0.25) is 20.3 Å². The Kier molecular flexibility index (Phi) is 4.17. The Hall–Kier alpha value is -2.49. The topological polar surface area (TPSA) is 162 Å². The van der Waals surface area contributed by atoms with E-state index in [-0.39, 0.29) is 23.9 Å². The summed E-state index contributed by atoms with van der Waals surface area (Å²) in [4.78, 5) is 28.7. The number of primary amides is 1. The number of hydrogen-bond donors (Lipinski definition) is 4. The van der Waals surface area contributed by atoms with Gasteiger partial charge in [-0.1, -0.05) is 0 Å². The number of nitrogen functional groups attached to an aromatic ring is 1. The van der Waals surface area contributed by atoms with Crippen molar-refractivity contribution in [2.45, 2.75) is 25.8 Å². The Bertz CT molecular complexity index is 503. The molecule has 10 nitrogen and oxygen atoms in total. The van der Waals surface area contributed by atoms with Crippen LogP contribution in [0.2, 0.25) is 0 Å². The third-order valence-corrected chi connectivity index (χ3v) is 2.17. The zero-order valence-electron chi connectivity index (χ0n) is 10.5. The van der Waals surface area contributed by atoms with Crippen molar-refractivity contribution in [2.75, 3.05) is 10.7 Å². The van der Waals surface area contributed by atoms with E-state index >= 15 is 0 Å². The summed E-state index contributed by atoms with van der Waals surface area (Å²) in [5.74, 6) is 4.58. The minimum atomic E-state index is -0.795. The zero-order chi connectivity index (χ0) is 14.6. The van der Waals surface area contributed by atoms with E-state index in [1.54, 1.807) is 13.8 Å². The molecule has 0 aromatic carbocycles. The maximum absolute atomic E-state index is 10.9. The van der Waals surface area contributed by atoms with E-state index in [0.717, 1.165) is 6.20 Å². The van der Waals surface area contributed by atoms with Crippen LogP contribution in [0, 0.1) is 10.1 Å². The first kappa shape index (κ1) is 14.6. The molecule has 1 aromatic rings. The Labute approximate surface area is 108 Å². The predicted molar refractivity (Wildman–Crippen MR) is 68.0 cm³/mol. The number of nitro groups is 1. The van der Waals surface area contributed by atoms with Gasteiger partial charge in [0.1, 0.15) is 6.20 Å². The Morgan fingerprint density at radius 2 is 2.21 bits per heavy atom. The van der Waals surface area contributed by atoms with Crippen LogP contribution in [0.25, 0.3) is 0 Å². The number of carbonyl (C=O) groups is 1. The molecule has 19 heavy (non-hydrogen) atoms. The molecule has 6 N–H and O–H groups in total. The van der Waals surface area contributed by atoms with Crippen LogP contribution in [0.4, 0.5) is 17.5 Å². The molecule has 0 aliphatic carbocycles. The molecule has 0 bridgehead atoms. The molecule has 1 heterocycles. The van der Waals surface area contributed by atoms with E-state index in [9.17, 15) is 14.9 Å². The molecule has 0 atom stereocenters. The molecule has 0 fully saturated rings. The molecule has 0 spiro atoms. The molecular formula is C9H15N7O3. The third-order valence-electron chi connectivity index (χ3n) is 2.17. The summed E-state index contributed by atoms with van der Waals surface area (Å²) in [6, 6.07) is 0. The first-order valence-electron chi connectivity index (χ1n) is 5.30. The number of anilines is 2. The first-order valence-corrected chi connectivity index (χ1v) is 5.30. The Morgan fingerprint density at radius 3 is 2.68 bits per heavy atom. The van der Waals surface area contributed by atoms with Crippen LogP contribution >= 0.6 is 0 Å². The van der Waals surface area contributed by atoms with Gasteiger partial charge in [0.05, 0.1) is 4.92 Å².